The molecule has 0 aliphatic heterocycles. The number of hydrogen-bond donors (Lipinski definition) is 1. The molecule has 5 heteroatoms. The maximum Gasteiger partial charge on any atom is 0.127 e. The lowest BCUT2D eigenvalue weighted by Gasteiger charge is -2.14. The molecule has 0 bridgehead atoms. The van der Waals surface area contributed by atoms with Gasteiger partial charge < -0.3 is 10.5 Å². The highest BCUT2D eigenvalue weighted by atomic mass is 35.5. The van der Waals surface area contributed by atoms with Crippen molar-refractivity contribution in [1.82, 2.24) is 0 Å². The van der Waals surface area contributed by atoms with E-state index in [9.17, 15) is 4.39 Å². The van der Waals surface area contributed by atoms with Crippen molar-refractivity contribution in [3.63, 3.8) is 0 Å². The summed E-state index contributed by atoms with van der Waals surface area (Å²) in [4.78, 5) is 0. The average Bonchev–Trinajstić information content (AvgIpc) is 2.41. The van der Waals surface area contributed by atoms with Crippen LogP contribution in [0.3, 0.4) is 0 Å². The first kappa shape index (κ1) is 15.1. The van der Waals surface area contributed by atoms with Crippen LogP contribution in [0.5, 0.6) is 5.75 Å². The fourth-order valence-electron chi connectivity index (χ4n) is 1.76. The molecule has 2 aromatic carbocycles. The lowest BCUT2D eigenvalue weighted by molar-refractivity contribution is 0.287. The van der Waals surface area contributed by atoms with Crippen molar-refractivity contribution in [2.45, 2.75) is 12.5 Å². The van der Waals surface area contributed by atoms with Crippen LogP contribution in [-0.2, 0) is 6.42 Å². The van der Waals surface area contributed by atoms with Crippen molar-refractivity contribution in [2.75, 3.05) is 6.61 Å². The first-order valence-electron chi connectivity index (χ1n) is 6.12. The Hall–Kier alpha value is -1.29. The summed E-state index contributed by atoms with van der Waals surface area (Å²) in [6.45, 7) is 0.295. The van der Waals surface area contributed by atoms with Crippen LogP contribution >= 0.6 is 23.2 Å². The minimum Gasteiger partial charge on any atom is -0.492 e. The second-order valence-corrected chi connectivity index (χ2v) is 5.34. The minimum absolute atomic E-state index is 0.295. The zero-order valence-corrected chi connectivity index (χ0v) is 12.2. The molecule has 0 amide bonds. The van der Waals surface area contributed by atoms with E-state index in [1.807, 2.05) is 0 Å². The number of nitrogens with two attached hydrogens (primary N) is 1. The van der Waals surface area contributed by atoms with Gasteiger partial charge in [-0.1, -0.05) is 29.3 Å². The van der Waals surface area contributed by atoms with Crippen LogP contribution in [-0.4, -0.2) is 12.6 Å². The van der Waals surface area contributed by atoms with Gasteiger partial charge in [-0.15, -0.1) is 0 Å². The predicted octanol–water partition coefficient (Wildman–Crippen LogP) is 4.08. The second kappa shape index (κ2) is 6.93. The molecular formula is C15H14Cl2FNO. The van der Waals surface area contributed by atoms with Crippen LogP contribution in [0.25, 0.3) is 0 Å². The topological polar surface area (TPSA) is 35.2 Å². The molecular weight excluding hydrogens is 300 g/mol. The van der Waals surface area contributed by atoms with Gasteiger partial charge in [0.05, 0.1) is 0 Å². The molecule has 2 nitrogen and oxygen atoms in total. The smallest absolute Gasteiger partial charge is 0.127 e. The van der Waals surface area contributed by atoms with Crippen molar-refractivity contribution in [3.8, 4) is 5.75 Å². The van der Waals surface area contributed by atoms with Crippen molar-refractivity contribution in [2.24, 2.45) is 5.73 Å². The molecule has 2 N–H and O–H groups in total. The highest BCUT2D eigenvalue weighted by Gasteiger charge is 2.09. The lowest BCUT2D eigenvalue weighted by atomic mass is 10.1. The Morgan fingerprint density at radius 3 is 2.35 bits per heavy atom. The highest BCUT2D eigenvalue weighted by Crippen LogP contribution is 2.17. The van der Waals surface area contributed by atoms with Gasteiger partial charge in [0.15, 0.2) is 0 Å². The Kier molecular flexibility index (Phi) is 5.24. The van der Waals surface area contributed by atoms with Crippen LogP contribution < -0.4 is 10.5 Å². The molecule has 2 rings (SSSR count). The Morgan fingerprint density at radius 1 is 1.05 bits per heavy atom. The van der Waals surface area contributed by atoms with Gasteiger partial charge in [-0.3, -0.25) is 0 Å². The van der Waals surface area contributed by atoms with Gasteiger partial charge in [0.25, 0.3) is 0 Å². The largest absolute Gasteiger partial charge is 0.492 e. The molecule has 0 saturated carbocycles. The minimum atomic E-state index is -0.348. The molecule has 20 heavy (non-hydrogen) atoms. The molecule has 0 spiro atoms. The summed E-state index contributed by atoms with van der Waals surface area (Å²) in [5.74, 6) is 0.334. The quantitative estimate of drug-likeness (QED) is 0.902. The molecule has 106 valence electrons. The molecule has 0 aromatic heterocycles. The van der Waals surface area contributed by atoms with E-state index in [-0.39, 0.29) is 11.9 Å². The van der Waals surface area contributed by atoms with Crippen molar-refractivity contribution >= 4 is 23.2 Å². The van der Waals surface area contributed by atoms with Crippen LogP contribution in [0.15, 0.2) is 42.5 Å². The van der Waals surface area contributed by atoms with Gasteiger partial charge in [0, 0.05) is 16.1 Å². The van der Waals surface area contributed by atoms with E-state index in [1.165, 1.54) is 6.07 Å². The average molecular weight is 314 g/mol. The summed E-state index contributed by atoms with van der Waals surface area (Å²) >= 11 is 11.5. The zero-order valence-electron chi connectivity index (χ0n) is 10.7. The number of rotatable bonds is 5. The fraction of sp³-hybridized carbons (Fsp3) is 0.200. The fourth-order valence-corrected chi connectivity index (χ4v) is 2.05. The van der Waals surface area contributed by atoms with Crippen molar-refractivity contribution < 1.29 is 9.13 Å². The normalized spacial score (nSPS) is 12.2. The monoisotopic (exact) mass is 313 g/mol. The SMILES string of the molecule is NC(COc1ccc(Cl)cc1)Cc1ccc(Cl)cc1F. The van der Waals surface area contributed by atoms with Crippen LogP contribution in [0.2, 0.25) is 10.0 Å². The third-order valence-corrected chi connectivity index (χ3v) is 3.26. The maximum atomic E-state index is 13.6. The number of hydrogen-bond acceptors (Lipinski definition) is 2. The first-order valence-corrected chi connectivity index (χ1v) is 6.88. The van der Waals surface area contributed by atoms with E-state index < -0.39 is 0 Å². The third-order valence-electron chi connectivity index (χ3n) is 2.77. The Morgan fingerprint density at radius 2 is 1.70 bits per heavy atom. The van der Waals surface area contributed by atoms with Gasteiger partial charge in [0.2, 0.25) is 0 Å². The summed E-state index contributed by atoms with van der Waals surface area (Å²) in [6, 6.07) is 11.3. The van der Waals surface area contributed by atoms with Gasteiger partial charge in [-0.05, 0) is 48.4 Å². The van der Waals surface area contributed by atoms with Crippen LogP contribution in [0.4, 0.5) is 4.39 Å². The highest BCUT2D eigenvalue weighted by molar-refractivity contribution is 6.30. The summed E-state index contributed by atoms with van der Waals surface area (Å²) < 4.78 is 19.1. The Bertz CT molecular complexity index is 575. The first-order chi connectivity index (χ1) is 9.54. The predicted molar refractivity (Wildman–Crippen MR) is 80.0 cm³/mol. The van der Waals surface area contributed by atoms with Gasteiger partial charge in [-0.25, -0.2) is 4.39 Å². The van der Waals surface area contributed by atoms with E-state index in [1.54, 1.807) is 36.4 Å². The standard InChI is InChI=1S/C15H14Cl2FNO/c16-11-3-5-14(6-4-11)20-9-13(19)7-10-1-2-12(17)8-15(10)18/h1-6,8,13H,7,9,19H2. The van der Waals surface area contributed by atoms with E-state index in [4.69, 9.17) is 33.7 Å². The van der Waals surface area contributed by atoms with Crippen LogP contribution in [0.1, 0.15) is 5.56 Å². The zero-order chi connectivity index (χ0) is 14.5. The molecule has 1 unspecified atom stereocenters. The van der Waals surface area contributed by atoms with Crippen molar-refractivity contribution in [3.05, 3.63) is 63.9 Å². The van der Waals surface area contributed by atoms with Gasteiger partial charge >= 0.3 is 0 Å². The van der Waals surface area contributed by atoms with E-state index in [0.29, 0.717) is 34.4 Å². The molecule has 0 radical (unpaired) electrons. The molecule has 0 saturated heterocycles. The Labute approximate surface area is 127 Å². The van der Waals surface area contributed by atoms with E-state index >= 15 is 0 Å². The summed E-state index contributed by atoms with van der Waals surface area (Å²) in [6.07, 6.45) is 0.386. The molecule has 0 fully saturated rings. The third kappa shape index (κ3) is 4.37. The number of benzene rings is 2. The molecule has 2 aromatic rings. The molecule has 0 heterocycles. The van der Waals surface area contributed by atoms with E-state index in [0.717, 1.165) is 0 Å². The molecule has 1 atom stereocenters. The number of ether oxygens (including phenoxy) is 1. The summed E-state index contributed by atoms with van der Waals surface area (Å²) in [7, 11) is 0. The van der Waals surface area contributed by atoms with E-state index in [2.05, 4.69) is 0 Å². The maximum absolute atomic E-state index is 13.6. The lowest BCUT2D eigenvalue weighted by Crippen LogP contribution is -2.30. The summed E-state index contributed by atoms with van der Waals surface area (Å²) in [5.41, 5.74) is 6.47. The second-order valence-electron chi connectivity index (χ2n) is 4.46. The van der Waals surface area contributed by atoms with Gasteiger partial charge in [0.1, 0.15) is 18.2 Å². The molecule has 0 aliphatic carbocycles. The number of halogens is 3. The van der Waals surface area contributed by atoms with Crippen LogP contribution in [0, 0.1) is 5.82 Å². The summed E-state index contributed by atoms with van der Waals surface area (Å²) in [5, 5.41) is 1.02. The van der Waals surface area contributed by atoms with Crippen molar-refractivity contribution in [1.29, 1.82) is 0 Å². The molecule has 0 aliphatic rings. The Balaban J connectivity index is 1.89. The van der Waals surface area contributed by atoms with Gasteiger partial charge in [-0.2, -0.15) is 0 Å².